The molecule has 0 amide bonds. The Morgan fingerprint density at radius 2 is 2.00 bits per heavy atom. The lowest BCUT2D eigenvalue weighted by molar-refractivity contribution is 0.397. The van der Waals surface area contributed by atoms with Crippen LogP contribution in [-0.4, -0.2) is 22.1 Å². The minimum absolute atomic E-state index is 0.149. The summed E-state index contributed by atoms with van der Waals surface area (Å²) >= 11 is 0. The van der Waals surface area contributed by atoms with Crippen LogP contribution in [0.4, 0.5) is 0 Å². The molecule has 2 aromatic rings. The standard InChI is InChI=1S/C14H18N4O/c1-10-14(16-7-6-15-10)11(2)17-8-12-4-5-13(19-3)18-9-12/h4-7,9,11,17H,8H2,1-3H3. The molecule has 1 atom stereocenters. The molecule has 0 saturated heterocycles. The molecule has 1 unspecified atom stereocenters. The van der Waals surface area contributed by atoms with Gasteiger partial charge in [-0.25, -0.2) is 4.98 Å². The van der Waals surface area contributed by atoms with E-state index in [9.17, 15) is 0 Å². The molecule has 0 saturated carbocycles. The Morgan fingerprint density at radius 3 is 2.63 bits per heavy atom. The van der Waals surface area contributed by atoms with Gasteiger partial charge in [-0.05, 0) is 19.4 Å². The average molecular weight is 258 g/mol. The maximum atomic E-state index is 5.03. The van der Waals surface area contributed by atoms with Gasteiger partial charge in [-0.2, -0.15) is 0 Å². The molecule has 100 valence electrons. The van der Waals surface area contributed by atoms with Gasteiger partial charge in [-0.15, -0.1) is 0 Å². The minimum Gasteiger partial charge on any atom is -0.481 e. The van der Waals surface area contributed by atoms with Crippen molar-refractivity contribution in [3.8, 4) is 5.88 Å². The van der Waals surface area contributed by atoms with E-state index in [0.29, 0.717) is 5.88 Å². The summed E-state index contributed by atoms with van der Waals surface area (Å²) in [6.45, 7) is 4.78. The number of hydrogen-bond acceptors (Lipinski definition) is 5. The van der Waals surface area contributed by atoms with Crippen LogP contribution >= 0.6 is 0 Å². The zero-order valence-corrected chi connectivity index (χ0v) is 11.4. The first kappa shape index (κ1) is 13.4. The first-order chi connectivity index (χ1) is 9.20. The van der Waals surface area contributed by atoms with E-state index in [4.69, 9.17) is 4.74 Å². The molecule has 0 radical (unpaired) electrons. The van der Waals surface area contributed by atoms with Crippen molar-refractivity contribution in [1.29, 1.82) is 0 Å². The van der Waals surface area contributed by atoms with Crippen molar-refractivity contribution in [2.24, 2.45) is 0 Å². The Morgan fingerprint density at radius 1 is 1.21 bits per heavy atom. The summed E-state index contributed by atoms with van der Waals surface area (Å²) in [7, 11) is 1.61. The summed E-state index contributed by atoms with van der Waals surface area (Å²) in [5.41, 5.74) is 3.04. The Balaban J connectivity index is 1.96. The third kappa shape index (κ3) is 3.48. The largest absolute Gasteiger partial charge is 0.481 e. The minimum atomic E-state index is 0.149. The number of rotatable bonds is 5. The van der Waals surface area contributed by atoms with Crippen molar-refractivity contribution in [3.63, 3.8) is 0 Å². The van der Waals surface area contributed by atoms with Crippen molar-refractivity contribution in [2.75, 3.05) is 7.11 Å². The monoisotopic (exact) mass is 258 g/mol. The zero-order chi connectivity index (χ0) is 13.7. The number of nitrogens with zero attached hydrogens (tertiary/aromatic N) is 3. The molecule has 0 aliphatic carbocycles. The molecule has 0 aliphatic heterocycles. The number of hydrogen-bond donors (Lipinski definition) is 1. The molecule has 0 spiro atoms. The van der Waals surface area contributed by atoms with Crippen molar-refractivity contribution in [1.82, 2.24) is 20.3 Å². The number of aryl methyl sites for hydroxylation is 1. The van der Waals surface area contributed by atoms with Crippen LogP contribution in [0.25, 0.3) is 0 Å². The number of ether oxygens (including phenoxy) is 1. The molecular formula is C14H18N4O. The fraction of sp³-hybridized carbons (Fsp3) is 0.357. The quantitative estimate of drug-likeness (QED) is 0.889. The van der Waals surface area contributed by atoms with Crippen LogP contribution in [0, 0.1) is 6.92 Å². The van der Waals surface area contributed by atoms with Gasteiger partial charge in [-0.3, -0.25) is 9.97 Å². The molecule has 0 aromatic carbocycles. The smallest absolute Gasteiger partial charge is 0.212 e. The molecule has 1 N–H and O–H groups in total. The van der Waals surface area contributed by atoms with Gasteiger partial charge in [0.15, 0.2) is 0 Å². The van der Waals surface area contributed by atoms with Gasteiger partial charge in [0.2, 0.25) is 5.88 Å². The second kappa shape index (κ2) is 6.24. The van der Waals surface area contributed by atoms with Crippen molar-refractivity contribution < 1.29 is 4.74 Å². The van der Waals surface area contributed by atoms with Gasteiger partial charge in [-0.1, -0.05) is 6.07 Å². The second-order valence-electron chi connectivity index (χ2n) is 4.34. The van der Waals surface area contributed by atoms with Crippen molar-refractivity contribution in [3.05, 3.63) is 47.7 Å². The molecule has 5 heteroatoms. The average Bonchev–Trinajstić information content (AvgIpc) is 2.46. The van der Waals surface area contributed by atoms with E-state index in [1.807, 2.05) is 25.3 Å². The lowest BCUT2D eigenvalue weighted by Gasteiger charge is -2.14. The van der Waals surface area contributed by atoms with Crippen molar-refractivity contribution in [2.45, 2.75) is 26.4 Å². The van der Waals surface area contributed by atoms with E-state index in [-0.39, 0.29) is 6.04 Å². The molecule has 2 aromatic heterocycles. The Hall–Kier alpha value is -2.01. The SMILES string of the molecule is COc1ccc(CNC(C)c2nccnc2C)cn1. The molecule has 0 fully saturated rings. The molecule has 19 heavy (non-hydrogen) atoms. The van der Waals surface area contributed by atoms with Crippen LogP contribution < -0.4 is 10.1 Å². The van der Waals surface area contributed by atoms with E-state index >= 15 is 0 Å². The maximum Gasteiger partial charge on any atom is 0.212 e. The van der Waals surface area contributed by atoms with Gasteiger partial charge in [0.1, 0.15) is 0 Å². The highest BCUT2D eigenvalue weighted by atomic mass is 16.5. The molecule has 2 heterocycles. The van der Waals surface area contributed by atoms with Crippen LogP contribution in [0.5, 0.6) is 5.88 Å². The van der Waals surface area contributed by atoms with Crippen LogP contribution in [0.2, 0.25) is 0 Å². The molecule has 0 bridgehead atoms. The van der Waals surface area contributed by atoms with E-state index in [0.717, 1.165) is 23.5 Å². The van der Waals surface area contributed by atoms with E-state index in [1.54, 1.807) is 19.5 Å². The summed E-state index contributed by atoms with van der Waals surface area (Å²) in [5, 5.41) is 3.41. The number of methoxy groups -OCH3 is 1. The zero-order valence-electron chi connectivity index (χ0n) is 11.4. The summed E-state index contributed by atoms with van der Waals surface area (Å²) in [4.78, 5) is 12.8. The van der Waals surface area contributed by atoms with Crippen LogP contribution in [0.15, 0.2) is 30.7 Å². The summed E-state index contributed by atoms with van der Waals surface area (Å²) < 4.78 is 5.03. The van der Waals surface area contributed by atoms with Gasteiger partial charge >= 0.3 is 0 Å². The lowest BCUT2D eigenvalue weighted by atomic mass is 10.2. The highest BCUT2D eigenvalue weighted by Crippen LogP contribution is 2.13. The van der Waals surface area contributed by atoms with Gasteiger partial charge in [0, 0.05) is 37.2 Å². The highest BCUT2D eigenvalue weighted by molar-refractivity contribution is 5.18. The predicted molar refractivity (Wildman–Crippen MR) is 72.8 cm³/mol. The lowest BCUT2D eigenvalue weighted by Crippen LogP contribution is -2.20. The Labute approximate surface area is 113 Å². The molecule has 5 nitrogen and oxygen atoms in total. The van der Waals surface area contributed by atoms with Gasteiger partial charge < -0.3 is 10.1 Å². The first-order valence-electron chi connectivity index (χ1n) is 6.20. The van der Waals surface area contributed by atoms with Gasteiger partial charge in [0.25, 0.3) is 0 Å². The maximum absolute atomic E-state index is 5.03. The Kier molecular flexibility index (Phi) is 4.41. The van der Waals surface area contributed by atoms with Crippen molar-refractivity contribution >= 4 is 0 Å². The van der Waals surface area contributed by atoms with Crippen LogP contribution in [0.1, 0.15) is 29.9 Å². The van der Waals surface area contributed by atoms with E-state index in [1.165, 1.54) is 0 Å². The number of aromatic nitrogens is 3. The third-order valence-electron chi connectivity index (χ3n) is 2.95. The van der Waals surface area contributed by atoms with E-state index < -0.39 is 0 Å². The fourth-order valence-corrected chi connectivity index (χ4v) is 1.85. The number of nitrogens with one attached hydrogen (secondary N) is 1. The molecular weight excluding hydrogens is 240 g/mol. The highest BCUT2D eigenvalue weighted by Gasteiger charge is 2.09. The predicted octanol–water partition coefficient (Wildman–Crippen LogP) is 2.04. The third-order valence-corrected chi connectivity index (χ3v) is 2.95. The summed E-state index contributed by atoms with van der Waals surface area (Å²) in [5.74, 6) is 0.626. The van der Waals surface area contributed by atoms with Crippen LogP contribution in [-0.2, 0) is 6.54 Å². The Bertz CT molecular complexity index is 527. The first-order valence-corrected chi connectivity index (χ1v) is 6.20. The molecule has 0 aliphatic rings. The second-order valence-corrected chi connectivity index (χ2v) is 4.34. The van der Waals surface area contributed by atoms with Gasteiger partial charge in [0.05, 0.1) is 18.5 Å². The van der Waals surface area contributed by atoms with E-state index in [2.05, 4.69) is 27.2 Å². The fourth-order valence-electron chi connectivity index (χ4n) is 1.85. The summed E-state index contributed by atoms with van der Waals surface area (Å²) in [6.07, 6.45) is 5.23. The number of pyridine rings is 1. The normalized spacial score (nSPS) is 12.2. The topological polar surface area (TPSA) is 59.9 Å². The van der Waals surface area contributed by atoms with Crippen LogP contribution in [0.3, 0.4) is 0 Å². The summed E-state index contributed by atoms with van der Waals surface area (Å²) in [6, 6.07) is 4.00. The molecule has 2 rings (SSSR count).